The zero-order valence-electron chi connectivity index (χ0n) is 11.8. The van der Waals surface area contributed by atoms with E-state index in [1.807, 2.05) is 6.07 Å². The van der Waals surface area contributed by atoms with Gasteiger partial charge in [0.2, 0.25) is 5.91 Å². The van der Waals surface area contributed by atoms with Gasteiger partial charge in [-0.05, 0) is 50.0 Å². The molecule has 0 aliphatic carbocycles. The number of ether oxygens (including phenoxy) is 1. The molecule has 1 heterocycles. The number of carbonyl (C=O) groups is 1. The number of carbonyl (C=O) groups excluding carboxylic acids is 1. The van der Waals surface area contributed by atoms with E-state index in [-0.39, 0.29) is 23.4 Å². The van der Waals surface area contributed by atoms with E-state index in [4.69, 9.17) is 10.5 Å². The Balaban J connectivity index is 1.76. The van der Waals surface area contributed by atoms with Crippen LogP contribution in [0.3, 0.4) is 0 Å². The normalized spacial score (nSPS) is 19.2. The number of amides is 1. The maximum absolute atomic E-state index is 13.5. The Morgan fingerprint density at radius 1 is 1.55 bits per heavy atom. The fraction of sp³-hybridized carbons (Fsp3) is 0.533. The summed E-state index contributed by atoms with van der Waals surface area (Å²) in [6.45, 7) is 2.59. The quantitative estimate of drug-likeness (QED) is 0.860. The van der Waals surface area contributed by atoms with Crippen LogP contribution in [0.15, 0.2) is 18.2 Å². The van der Waals surface area contributed by atoms with Crippen LogP contribution >= 0.6 is 0 Å². The van der Waals surface area contributed by atoms with Crippen molar-refractivity contribution in [1.82, 2.24) is 4.90 Å². The molecule has 0 spiro atoms. The molecule has 1 aromatic rings. The van der Waals surface area contributed by atoms with Crippen molar-refractivity contribution in [2.24, 2.45) is 11.7 Å². The fourth-order valence-corrected chi connectivity index (χ4v) is 2.64. The number of halogens is 1. The molecule has 1 aromatic carbocycles. The minimum atomic E-state index is -0.319. The van der Waals surface area contributed by atoms with Gasteiger partial charge in [-0.3, -0.25) is 4.79 Å². The van der Waals surface area contributed by atoms with Crippen LogP contribution in [0.1, 0.15) is 18.4 Å². The molecule has 4 nitrogen and oxygen atoms in total. The molecule has 0 bridgehead atoms. The molecule has 1 aliphatic heterocycles. The lowest BCUT2D eigenvalue weighted by Crippen LogP contribution is -2.28. The highest BCUT2D eigenvalue weighted by molar-refractivity contribution is 5.77. The van der Waals surface area contributed by atoms with Gasteiger partial charge in [0.25, 0.3) is 0 Å². The predicted octanol–water partition coefficient (Wildman–Crippen LogP) is 1.57. The van der Waals surface area contributed by atoms with Crippen molar-refractivity contribution in [3.8, 4) is 5.75 Å². The van der Waals surface area contributed by atoms with E-state index < -0.39 is 0 Å². The van der Waals surface area contributed by atoms with Crippen molar-refractivity contribution in [1.29, 1.82) is 0 Å². The first-order chi connectivity index (χ1) is 9.60. The number of hydrogen-bond donors (Lipinski definition) is 1. The van der Waals surface area contributed by atoms with Gasteiger partial charge < -0.3 is 15.4 Å². The lowest BCUT2D eigenvalue weighted by molar-refractivity contribution is -0.121. The summed E-state index contributed by atoms with van der Waals surface area (Å²) in [5, 5.41) is 0. The van der Waals surface area contributed by atoms with Crippen LogP contribution in [0.25, 0.3) is 0 Å². The summed E-state index contributed by atoms with van der Waals surface area (Å²) in [6.07, 6.45) is 2.61. The van der Waals surface area contributed by atoms with Gasteiger partial charge in [-0.25, -0.2) is 4.39 Å². The number of hydrogen-bond acceptors (Lipinski definition) is 3. The molecule has 1 unspecified atom stereocenters. The first-order valence-corrected chi connectivity index (χ1v) is 6.94. The van der Waals surface area contributed by atoms with Gasteiger partial charge in [0.05, 0.1) is 13.0 Å². The van der Waals surface area contributed by atoms with Gasteiger partial charge in [-0.15, -0.1) is 0 Å². The number of aryl methyl sites for hydroxylation is 1. The Morgan fingerprint density at radius 2 is 2.35 bits per heavy atom. The second-order valence-electron chi connectivity index (χ2n) is 5.26. The number of benzene rings is 1. The number of rotatable bonds is 6. The molecule has 2 N–H and O–H groups in total. The van der Waals surface area contributed by atoms with Crippen LogP contribution in [0.4, 0.5) is 4.39 Å². The van der Waals surface area contributed by atoms with Crippen LogP contribution in [-0.4, -0.2) is 37.6 Å². The summed E-state index contributed by atoms with van der Waals surface area (Å²) in [7, 11) is 1.46. The van der Waals surface area contributed by atoms with Crippen molar-refractivity contribution in [3.63, 3.8) is 0 Å². The largest absolute Gasteiger partial charge is 0.494 e. The molecule has 2 rings (SSSR count). The molecule has 0 radical (unpaired) electrons. The molecular weight excluding hydrogens is 259 g/mol. The predicted molar refractivity (Wildman–Crippen MR) is 75.0 cm³/mol. The van der Waals surface area contributed by atoms with E-state index in [1.165, 1.54) is 13.2 Å². The summed E-state index contributed by atoms with van der Waals surface area (Å²) >= 11 is 0. The SMILES string of the molecule is COc1ccc(CCCN2CCC(C(N)=O)C2)cc1F. The first-order valence-electron chi connectivity index (χ1n) is 6.94. The highest BCUT2D eigenvalue weighted by Crippen LogP contribution is 2.19. The Bertz CT molecular complexity index is 479. The van der Waals surface area contributed by atoms with E-state index in [1.54, 1.807) is 6.07 Å². The zero-order valence-corrected chi connectivity index (χ0v) is 11.8. The molecule has 20 heavy (non-hydrogen) atoms. The van der Waals surface area contributed by atoms with Crippen LogP contribution in [0, 0.1) is 11.7 Å². The van der Waals surface area contributed by atoms with Crippen LogP contribution in [-0.2, 0) is 11.2 Å². The Labute approximate surface area is 118 Å². The molecular formula is C15H21FN2O2. The summed E-state index contributed by atoms with van der Waals surface area (Å²) < 4.78 is 18.4. The van der Waals surface area contributed by atoms with Crippen molar-refractivity contribution >= 4 is 5.91 Å². The maximum Gasteiger partial charge on any atom is 0.221 e. The zero-order chi connectivity index (χ0) is 14.5. The lowest BCUT2D eigenvalue weighted by Gasteiger charge is -2.15. The molecule has 1 atom stereocenters. The van der Waals surface area contributed by atoms with Crippen LogP contribution in [0.5, 0.6) is 5.75 Å². The monoisotopic (exact) mass is 280 g/mol. The van der Waals surface area contributed by atoms with Crippen molar-refractivity contribution < 1.29 is 13.9 Å². The Hall–Kier alpha value is -1.62. The van der Waals surface area contributed by atoms with Crippen LogP contribution in [0.2, 0.25) is 0 Å². The molecule has 1 fully saturated rings. The number of methoxy groups -OCH3 is 1. The first kappa shape index (κ1) is 14.8. The average molecular weight is 280 g/mol. The number of nitrogens with two attached hydrogens (primary N) is 1. The summed E-state index contributed by atoms with van der Waals surface area (Å²) in [5.41, 5.74) is 6.27. The minimum absolute atomic E-state index is 0.00608. The van der Waals surface area contributed by atoms with Crippen LogP contribution < -0.4 is 10.5 Å². The summed E-state index contributed by atoms with van der Waals surface area (Å²) in [5.74, 6) is -0.254. The molecule has 1 amide bonds. The lowest BCUT2D eigenvalue weighted by atomic mass is 10.1. The molecule has 0 aromatic heterocycles. The molecule has 1 aliphatic rings. The van der Waals surface area contributed by atoms with Crippen molar-refractivity contribution in [2.45, 2.75) is 19.3 Å². The van der Waals surface area contributed by atoms with Gasteiger partial charge >= 0.3 is 0 Å². The Morgan fingerprint density at radius 3 is 2.95 bits per heavy atom. The van der Waals surface area contributed by atoms with Gasteiger partial charge in [0.15, 0.2) is 11.6 Å². The van der Waals surface area contributed by atoms with E-state index in [0.29, 0.717) is 0 Å². The Kier molecular flexibility index (Phi) is 4.95. The third-order valence-corrected chi connectivity index (χ3v) is 3.83. The fourth-order valence-electron chi connectivity index (χ4n) is 2.64. The highest BCUT2D eigenvalue weighted by atomic mass is 19.1. The topological polar surface area (TPSA) is 55.6 Å². The maximum atomic E-state index is 13.5. The highest BCUT2D eigenvalue weighted by Gasteiger charge is 2.25. The van der Waals surface area contributed by atoms with Crippen molar-refractivity contribution in [3.05, 3.63) is 29.6 Å². The third-order valence-electron chi connectivity index (χ3n) is 3.83. The molecule has 0 saturated carbocycles. The molecule has 110 valence electrons. The molecule has 1 saturated heterocycles. The van der Waals surface area contributed by atoms with Gasteiger partial charge in [0, 0.05) is 6.54 Å². The van der Waals surface area contributed by atoms with E-state index in [9.17, 15) is 9.18 Å². The minimum Gasteiger partial charge on any atom is -0.494 e. The standard InChI is InChI=1S/C15H21FN2O2/c1-20-14-5-4-11(9-13(14)16)3-2-7-18-8-6-12(10-18)15(17)19/h4-5,9,12H,2-3,6-8,10H2,1H3,(H2,17,19). The molecule has 5 heteroatoms. The van der Waals surface area contributed by atoms with Gasteiger partial charge in [-0.2, -0.15) is 0 Å². The van der Waals surface area contributed by atoms with Gasteiger partial charge in [0.1, 0.15) is 0 Å². The van der Waals surface area contributed by atoms with E-state index in [0.717, 1.165) is 44.5 Å². The van der Waals surface area contributed by atoms with E-state index >= 15 is 0 Å². The smallest absolute Gasteiger partial charge is 0.221 e. The number of primary amides is 1. The van der Waals surface area contributed by atoms with Crippen molar-refractivity contribution in [2.75, 3.05) is 26.7 Å². The summed E-state index contributed by atoms with van der Waals surface area (Å²) in [6, 6.07) is 5.07. The number of nitrogens with zero attached hydrogens (tertiary/aromatic N) is 1. The second kappa shape index (κ2) is 6.70. The second-order valence-corrected chi connectivity index (χ2v) is 5.26. The van der Waals surface area contributed by atoms with E-state index in [2.05, 4.69) is 4.90 Å². The van der Waals surface area contributed by atoms with Gasteiger partial charge in [-0.1, -0.05) is 6.07 Å². The third kappa shape index (κ3) is 3.70. The number of likely N-dealkylation sites (tertiary alicyclic amines) is 1. The average Bonchev–Trinajstić information content (AvgIpc) is 2.88. The summed E-state index contributed by atoms with van der Waals surface area (Å²) in [4.78, 5) is 13.3.